The first-order valence-electron chi connectivity index (χ1n) is 7.10. The molecule has 1 N–H and O–H groups in total. The van der Waals surface area contributed by atoms with Crippen LogP contribution in [0.5, 0.6) is 0 Å². The second-order valence-electron chi connectivity index (χ2n) is 4.95. The third kappa shape index (κ3) is 3.71. The third-order valence-corrected chi connectivity index (χ3v) is 7.08. The minimum atomic E-state index is -0.267. The average Bonchev–Trinajstić information content (AvgIpc) is 2.49. The molecular weight excluding hydrogens is 272 g/mol. The number of unbranched alkanes of at least 4 members (excludes halogenated alkanes) is 2. The van der Waals surface area contributed by atoms with Crippen LogP contribution in [0.2, 0.25) is 0 Å². The van der Waals surface area contributed by atoms with E-state index in [0.717, 1.165) is 37.2 Å². The van der Waals surface area contributed by atoms with Crippen molar-refractivity contribution in [1.29, 1.82) is 0 Å². The monoisotopic (exact) mass is 295 g/mol. The van der Waals surface area contributed by atoms with Crippen LogP contribution in [0.3, 0.4) is 0 Å². The normalized spacial score (nSPS) is 20.1. The van der Waals surface area contributed by atoms with Gasteiger partial charge in [-0.2, -0.15) is 0 Å². The molecule has 0 amide bonds. The molecule has 0 aliphatic carbocycles. The zero-order chi connectivity index (χ0) is 13.6. The maximum absolute atomic E-state index is 10.7. The molecular formula is C16H23OS2. The zero-order valence-corrected chi connectivity index (χ0v) is 13.0. The van der Waals surface area contributed by atoms with E-state index in [4.69, 9.17) is 0 Å². The molecule has 19 heavy (non-hydrogen) atoms. The molecule has 0 aromatic heterocycles. The summed E-state index contributed by atoms with van der Waals surface area (Å²) in [4.78, 5) is 0. The van der Waals surface area contributed by atoms with Crippen LogP contribution in [0.25, 0.3) is 0 Å². The van der Waals surface area contributed by atoms with Crippen molar-refractivity contribution >= 4 is 23.5 Å². The lowest BCUT2D eigenvalue weighted by Crippen LogP contribution is -2.36. The largest absolute Gasteiger partial charge is 0.390 e. The van der Waals surface area contributed by atoms with Gasteiger partial charge in [-0.1, -0.05) is 56.5 Å². The summed E-state index contributed by atoms with van der Waals surface area (Å²) >= 11 is 3.85. The van der Waals surface area contributed by atoms with E-state index >= 15 is 0 Å². The predicted octanol–water partition coefficient (Wildman–Crippen LogP) is 4.46. The number of aliphatic hydroxyl groups is 1. The molecule has 3 heteroatoms. The summed E-state index contributed by atoms with van der Waals surface area (Å²) in [5.41, 5.74) is 1.27. The first-order chi connectivity index (χ1) is 9.29. The quantitative estimate of drug-likeness (QED) is 0.782. The van der Waals surface area contributed by atoms with Gasteiger partial charge in [0, 0.05) is 0 Å². The molecule has 1 atom stereocenters. The first-order valence-corrected chi connectivity index (χ1v) is 9.07. The van der Waals surface area contributed by atoms with Crippen LogP contribution < -0.4 is 0 Å². The molecule has 1 radical (unpaired) electrons. The molecule has 0 bridgehead atoms. The summed E-state index contributed by atoms with van der Waals surface area (Å²) in [6.07, 6.45) is 5.00. The molecule has 1 unspecified atom stereocenters. The minimum absolute atomic E-state index is 0.152. The number of rotatable bonds is 6. The van der Waals surface area contributed by atoms with E-state index in [1.54, 1.807) is 0 Å². The third-order valence-electron chi connectivity index (χ3n) is 3.51. The van der Waals surface area contributed by atoms with Gasteiger partial charge in [0.1, 0.15) is 4.08 Å². The van der Waals surface area contributed by atoms with Crippen molar-refractivity contribution in [2.75, 3.05) is 11.5 Å². The smallest absolute Gasteiger partial charge is 0.112 e. The summed E-state index contributed by atoms with van der Waals surface area (Å²) in [5, 5.41) is 10.7. The zero-order valence-electron chi connectivity index (χ0n) is 11.4. The van der Waals surface area contributed by atoms with E-state index in [0.29, 0.717) is 0 Å². The number of hydrogen-bond donors (Lipinski definition) is 1. The number of benzene rings is 1. The van der Waals surface area contributed by atoms with Crippen molar-refractivity contribution in [3.05, 3.63) is 42.8 Å². The van der Waals surface area contributed by atoms with Crippen LogP contribution in [0.4, 0.5) is 0 Å². The van der Waals surface area contributed by atoms with Gasteiger partial charge in [0.15, 0.2) is 0 Å². The fraction of sp³-hybridized carbons (Fsp3) is 0.562. The van der Waals surface area contributed by atoms with Crippen LogP contribution in [-0.4, -0.2) is 22.7 Å². The minimum Gasteiger partial charge on any atom is -0.390 e. The summed E-state index contributed by atoms with van der Waals surface area (Å²) < 4.78 is -0.152. The van der Waals surface area contributed by atoms with Crippen molar-refractivity contribution < 1.29 is 5.11 Å². The molecule has 1 nitrogen and oxygen atoms in total. The molecule has 1 heterocycles. The molecule has 0 saturated carbocycles. The van der Waals surface area contributed by atoms with Gasteiger partial charge in [0.05, 0.1) is 6.10 Å². The highest BCUT2D eigenvalue weighted by Crippen LogP contribution is 2.53. The molecule has 1 fully saturated rings. The topological polar surface area (TPSA) is 20.2 Å². The molecule has 1 aliphatic heterocycles. The lowest BCUT2D eigenvalue weighted by molar-refractivity contribution is 0.147. The van der Waals surface area contributed by atoms with Crippen molar-refractivity contribution in [3.63, 3.8) is 0 Å². The van der Waals surface area contributed by atoms with Gasteiger partial charge in [-0.05, 0) is 29.9 Å². The van der Waals surface area contributed by atoms with E-state index < -0.39 is 0 Å². The Morgan fingerprint density at radius 2 is 1.84 bits per heavy atom. The Balaban J connectivity index is 2.15. The fourth-order valence-corrected chi connectivity index (χ4v) is 5.90. The van der Waals surface area contributed by atoms with Gasteiger partial charge in [0.25, 0.3) is 0 Å². The van der Waals surface area contributed by atoms with Gasteiger partial charge in [-0.15, -0.1) is 23.5 Å². The number of hydrogen-bond acceptors (Lipinski definition) is 3. The summed E-state index contributed by atoms with van der Waals surface area (Å²) in [6.45, 7) is 3.88. The highest BCUT2D eigenvalue weighted by Gasteiger charge is 2.41. The van der Waals surface area contributed by atoms with Crippen LogP contribution in [0.15, 0.2) is 30.3 Å². The van der Waals surface area contributed by atoms with E-state index in [-0.39, 0.29) is 10.2 Å². The van der Waals surface area contributed by atoms with Crippen molar-refractivity contribution in [2.45, 2.75) is 42.3 Å². The SMILES string of the molecule is [CH2]CCCCC(O)C1(c2ccccc2)SCCCS1. The maximum atomic E-state index is 10.7. The Morgan fingerprint density at radius 1 is 1.16 bits per heavy atom. The van der Waals surface area contributed by atoms with E-state index in [2.05, 4.69) is 31.2 Å². The molecule has 1 aliphatic rings. The van der Waals surface area contributed by atoms with Crippen molar-refractivity contribution in [2.24, 2.45) is 0 Å². The van der Waals surface area contributed by atoms with Crippen LogP contribution in [0.1, 0.15) is 37.7 Å². The van der Waals surface area contributed by atoms with Crippen molar-refractivity contribution in [3.8, 4) is 0 Å². The fourth-order valence-electron chi connectivity index (χ4n) is 2.47. The summed E-state index contributed by atoms with van der Waals surface area (Å²) in [6, 6.07) is 10.5. The lowest BCUT2D eigenvalue weighted by Gasteiger charge is -2.40. The van der Waals surface area contributed by atoms with E-state index in [9.17, 15) is 5.11 Å². The van der Waals surface area contributed by atoms with Gasteiger partial charge < -0.3 is 5.11 Å². The number of aliphatic hydroxyl groups excluding tert-OH is 1. The molecule has 2 rings (SSSR count). The van der Waals surface area contributed by atoms with E-state index in [1.807, 2.05) is 29.6 Å². The molecule has 105 valence electrons. The van der Waals surface area contributed by atoms with Gasteiger partial charge in [0.2, 0.25) is 0 Å². The molecule has 1 saturated heterocycles. The lowest BCUT2D eigenvalue weighted by atomic mass is 10.0. The van der Waals surface area contributed by atoms with E-state index in [1.165, 1.54) is 12.0 Å². The predicted molar refractivity (Wildman–Crippen MR) is 87.5 cm³/mol. The Morgan fingerprint density at radius 3 is 2.47 bits per heavy atom. The first kappa shape index (κ1) is 15.3. The standard InChI is InChI=1S/C16H23OS2/c1-2-3-5-11-15(17)16(18-12-8-13-19-16)14-9-6-4-7-10-14/h4,6-7,9-10,15,17H,1-3,5,8,11-13H2. The highest BCUT2D eigenvalue weighted by molar-refractivity contribution is 8.18. The van der Waals surface area contributed by atoms with Gasteiger partial charge in [-0.25, -0.2) is 0 Å². The molecule has 1 aromatic rings. The Bertz CT molecular complexity index is 360. The number of thioether (sulfide) groups is 2. The summed E-state index contributed by atoms with van der Waals surface area (Å²) in [7, 11) is 0. The van der Waals surface area contributed by atoms with Crippen LogP contribution >= 0.6 is 23.5 Å². The highest BCUT2D eigenvalue weighted by atomic mass is 32.2. The second-order valence-corrected chi connectivity index (χ2v) is 7.89. The maximum Gasteiger partial charge on any atom is 0.112 e. The Hall–Kier alpha value is -0.120. The molecule has 0 spiro atoms. The average molecular weight is 295 g/mol. The van der Waals surface area contributed by atoms with Crippen LogP contribution in [0, 0.1) is 6.92 Å². The Labute approximate surface area is 125 Å². The molecule has 1 aromatic carbocycles. The van der Waals surface area contributed by atoms with Crippen molar-refractivity contribution in [1.82, 2.24) is 0 Å². The Kier molecular flexibility index (Phi) is 6.11. The summed E-state index contributed by atoms with van der Waals surface area (Å²) in [5.74, 6) is 2.29. The van der Waals surface area contributed by atoms with Crippen LogP contribution in [-0.2, 0) is 4.08 Å². The second kappa shape index (κ2) is 7.61. The van der Waals surface area contributed by atoms with Gasteiger partial charge >= 0.3 is 0 Å². The van der Waals surface area contributed by atoms with Gasteiger partial charge in [-0.3, -0.25) is 0 Å².